The summed E-state index contributed by atoms with van der Waals surface area (Å²) in [5.74, 6) is 0. The van der Waals surface area contributed by atoms with Crippen LogP contribution in [0.3, 0.4) is 0 Å². The molecule has 0 bridgehead atoms. The van der Waals surface area contributed by atoms with Crippen molar-refractivity contribution in [3.8, 4) is 0 Å². The molecule has 0 radical (unpaired) electrons. The van der Waals surface area contributed by atoms with Gasteiger partial charge in [0.1, 0.15) is 15.9 Å². The highest BCUT2D eigenvalue weighted by molar-refractivity contribution is 7.10. The third kappa shape index (κ3) is 3.35. The lowest BCUT2D eigenvalue weighted by Crippen LogP contribution is -2.20. The van der Waals surface area contributed by atoms with Gasteiger partial charge in [-0.2, -0.15) is 13.2 Å². The molecule has 0 spiro atoms. The van der Waals surface area contributed by atoms with Crippen molar-refractivity contribution in [3.63, 3.8) is 0 Å². The lowest BCUT2D eigenvalue weighted by atomic mass is 10.0. The highest BCUT2D eigenvalue weighted by Crippen LogP contribution is 2.41. The summed E-state index contributed by atoms with van der Waals surface area (Å²) >= 11 is 8.08. The van der Waals surface area contributed by atoms with E-state index in [1.165, 1.54) is 21.8 Å². The van der Waals surface area contributed by atoms with Crippen LogP contribution in [-0.2, 0) is 6.18 Å². The highest BCUT2D eigenvalue weighted by Gasteiger charge is 2.37. The van der Waals surface area contributed by atoms with Crippen molar-refractivity contribution in [1.29, 1.82) is 0 Å². The molecule has 2 N–H and O–H groups in total. The van der Waals surface area contributed by atoms with Crippen molar-refractivity contribution in [2.45, 2.75) is 18.6 Å². The number of alkyl halides is 3. The fraction of sp³-hybridized carbons (Fsp3) is 0.300. The Hall–Kier alpha value is -2.20. The molecule has 1 atom stereocenters. The van der Waals surface area contributed by atoms with Crippen LogP contribution < -0.4 is 10.6 Å². The molecule has 1 unspecified atom stereocenters. The van der Waals surface area contributed by atoms with E-state index in [2.05, 4.69) is 20.6 Å². The van der Waals surface area contributed by atoms with E-state index in [1.54, 1.807) is 12.4 Å². The second kappa shape index (κ2) is 7.49. The zero-order chi connectivity index (χ0) is 20.9. The molecule has 0 amide bonds. The van der Waals surface area contributed by atoms with E-state index >= 15 is 0 Å². The highest BCUT2D eigenvalue weighted by atomic mass is 35.5. The molecule has 30 heavy (non-hydrogen) atoms. The van der Waals surface area contributed by atoms with E-state index in [9.17, 15) is 13.2 Å². The molecule has 156 valence electrons. The fourth-order valence-corrected chi connectivity index (χ4v) is 4.91. The van der Waals surface area contributed by atoms with Gasteiger partial charge in [-0.1, -0.05) is 23.8 Å². The minimum Gasteiger partial charge on any atom is -0.313 e. The van der Waals surface area contributed by atoms with E-state index in [0.29, 0.717) is 30.8 Å². The lowest BCUT2D eigenvalue weighted by Gasteiger charge is -2.17. The maximum Gasteiger partial charge on any atom is 0.420 e. The standard InChI is InChI=1S/C20H17ClF3N5S/c21-17-16(15-13(3-6-26-15)19-27-7-8-30-19)28-18-14(20(22,23)24)9-12(10-29(17)18)11-1-4-25-5-2-11/h1,3,7-10,15,25-26H,2,4-6H2. The van der Waals surface area contributed by atoms with Crippen LogP contribution in [0.4, 0.5) is 13.2 Å². The number of halogens is 4. The molecule has 2 aliphatic heterocycles. The molecule has 10 heteroatoms. The Morgan fingerprint density at radius 2 is 2.10 bits per heavy atom. The summed E-state index contributed by atoms with van der Waals surface area (Å²) in [6, 6.07) is 0.769. The molecule has 5 nitrogen and oxygen atoms in total. The Bertz CT molecular complexity index is 1160. The molecule has 5 rings (SSSR count). The third-order valence-corrected chi connectivity index (χ3v) is 6.53. The number of fused-ring (bicyclic) bond motifs is 1. The molecule has 5 heterocycles. The Labute approximate surface area is 179 Å². The number of rotatable bonds is 3. The van der Waals surface area contributed by atoms with Crippen molar-refractivity contribution in [1.82, 2.24) is 25.0 Å². The minimum atomic E-state index is -4.55. The van der Waals surface area contributed by atoms with Gasteiger partial charge >= 0.3 is 6.18 Å². The van der Waals surface area contributed by atoms with E-state index in [-0.39, 0.29) is 10.8 Å². The van der Waals surface area contributed by atoms with Gasteiger partial charge in [-0.3, -0.25) is 4.40 Å². The smallest absolute Gasteiger partial charge is 0.313 e. The number of aromatic nitrogens is 3. The van der Waals surface area contributed by atoms with Gasteiger partial charge in [0.25, 0.3) is 0 Å². The summed E-state index contributed by atoms with van der Waals surface area (Å²) in [5, 5.41) is 9.27. The van der Waals surface area contributed by atoms with Crippen molar-refractivity contribution in [2.75, 3.05) is 19.6 Å². The topological polar surface area (TPSA) is 54.2 Å². The molecule has 0 saturated heterocycles. The Balaban J connectivity index is 1.68. The molecule has 2 aliphatic rings. The molecule has 3 aromatic heterocycles. The summed E-state index contributed by atoms with van der Waals surface area (Å²) < 4.78 is 43.1. The van der Waals surface area contributed by atoms with E-state index in [0.717, 1.165) is 22.7 Å². The van der Waals surface area contributed by atoms with Gasteiger partial charge in [0.05, 0.1) is 11.6 Å². The van der Waals surface area contributed by atoms with Crippen LogP contribution in [0.25, 0.3) is 16.8 Å². The molecule has 0 fully saturated rings. The minimum absolute atomic E-state index is 0.175. The fourth-order valence-electron chi connectivity index (χ4n) is 3.92. The average molecular weight is 452 g/mol. The van der Waals surface area contributed by atoms with Gasteiger partial charge in [0.2, 0.25) is 0 Å². The third-order valence-electron chi connectivity index (χ3n) is 5.33. The maximum atomic E-state index is 13.9. The first kappa shape index (κ1) is 19.7. The zero-order valence-electron chi connectivity index (χ0n) is 15.6. The number of thiazole rings is 1. The number of pyridine rings is 1. The molecule has 0 aliphatic carbocycles. The Morgan fingerprint density at radius 3 is 2.80 bits per heavy atom. The normalized spacial score (nSPS) is 19.9. The Morgan fingerprint density at radius 1 is 1.23 bits per heavy atom. The van der Waals surface area contributed by atoms with Crippen LogP contribution in [0.5, 0.6) is 0 Å². The molecule has 3 aromatic rings. The first-order valence-corrected chi connectivity index (χ1v) is 10.7. The largest absolute Gasteiger partial charge is 0.420 e. The summed E-state index contributed by atoms with van der Waals surface area (Å²) in [4.78, 5) is 8.69. The summed E-state index contributed by atoms with van der Waals surface area (Å²) in [5.41, 5.74) is 1.66. The number of nitrogens with one attached hydrogen (secondary N) is 2. The number of imidazole rings is 1. The summed E-state index contributed by atoms with van der Waals surface area (Å²) in [6.45, 7) is 1.93. The van der Waals surface area contributed by atoms with Crippen LogP contribution in [-0.4, -0.2) is 34.0 Å². The van der Waals surface area contributed by atoms with Gasteiger partial charge in [0, 0.05) is 36.4 Å². The van der Waals surface area contributed by atoms with Gasteiger partial charge in [-0.25, -0.2) is 9.97 Å². The number of hydrogen-bond acceptors (Lipinski definition) is 5. The first-order chi connectivity index (χ1) is 14.4. The predicted molar refractivity (Wildman–Crippen MR) is 112 cm³/mol. The van der Waals surface area contributed by atoms with E-state index in [4.69, 9.17) is 11.6 Å². The van der Waals surface area contributed by atoms with Crippen LogP contribution in [0.1, 0.15) is 34.3 Å². The van der Waals surface area contributed by atoms with Gasteiger partial charge in [-0.05, 0) is 30.2 Å². The molecular weight excluding hydrogens is 435 g/mol. The van der Waals surface area contributed by atoms with E-state index in [1.807, 2.05) is 17.5 Å². The van der Waals surface area contributed by atoms with Crippen molar-refractivity contribution in [2.24, 2.45) is 0 Å². The Kier molecular flexibility index (Phi) is 4.93. The molecule has 0 aromatic carbocycles. The maximum absolute atomic E-state index is 13.9. The van der Waals surface area contributed by atoms with Gasteiger partial charge < -0.3 is 10.6 Å². The second-order valence-electron chi connectivity index (χ2n) is 7.14. The SMILES string of the molecule is FC(F)(F)c1cc(C2=CCNCC2)cn2c(Cl)c(C3NCC=C3c3nccs3)nc12. The van der Waals surface area contributed by atoms with E-state index < -0.39 is 17.8 Å². The van der Waals surface area contributed by atoms with Crippen molar-refractivity contribution >= 4 is 39.7 Å². The average Bonchev–Trinajstić information content (AvgIpc) is 3.47. The lowest BCUT2D eigenvalue weighted by molar-refractivity contribution is -0.136. The van der Waals surface area contributed by atoms with Gasteiger partial charge in [0.15, 0.2) is 5.65 Å². The van der Waals surface area contributed by atoms with Crippen molar-refractivity contribution in [3.05, 3.63) is 63.0 Å². The first-order valence-electron chi connectivity index (χ1n) is 9.45. The van der Waals surface area contributed by atoms with Crippen molar-refractivity contribution < 1.29 is 13.2 Å². The van der Waals surface area contributed by atoms with Crippen LogP contribution in [0.2, 0.25) is 5.15 Å². The molecular formula is C20H17ClF3N5S. The quantitative estimate of drug-likeness (QED) is 0.612. The number of hydrogen-bond donors (Lipinski definition) is 2. The van der Waals surface area contributed by atoms with Crippen LogP contribution >= 0.6 is 22.9 Å². The second-order valence-corrected chi connectivity index (χ2v) is 8.40. The van der Waals surface area contributed by atoms with Crippen LogP contribution in [0.15, 0.2) is 36.0 Å². The predicted octanol–water partition coefficient (Wildman–Crippen LogP) is 4.57. The zero-order valence-corrected chi connectivity index (χ0v) is 17.2. The summed E-state index contributed by atoms with van der Waals surface area (Å²) in [6.07, 6.45) is 3.35. The van der Waals surface area contributed by atoms with Crippen LogP contribution in [0, 0.1) is 0 Å². The summed E-state index contributed by atoms with van der Waals surface area (Å²) in [7, 11) is 0. The number of nitrogens with zero attached hydrogens (tertiary/aromatic N) is 3. The monoisotopic (exact) mass is 451 g/mol. The van der Waals surface area contributed by atoms with Gasteiger partial charge in [-0.15, -0.1) is 11.3 Å². The molecule has 0 saturated carbocycles.